The van der Waals surface area contributed by atoms with Crippen molar-refractivity contribution >= 4 is 31.5 Å². The molecule has 2 radical (unpaired) electrons. The lowest BCUT2D eigenvalue weighted by atomic mass is 10.00. The van der Waals surface area contributed by atoms with Crippen LogP contribution in [0.15, 0.2) is 47.7 Å². The number of amides is 2. The van der Waals surface area contributed by atoms with E-state index < -0.39 is 53.3 Å². The first kappa shape index (κ1) is 45.9. The van der Waals surface area contributed by atoms with Gasteiger partial charge in [0.25, 0.3) is 5.91 Å². The summed E-state index contributed by atoms with van der Waals surface area (Å²) in [5.41, 5.74) is 2.76. The number of hydrogen-bond donors (Lipinski definition) is 4. The Labute approximate surface area is 331 Å². The van der Waals surface area contributed by atoms with E-state index in [1.807, 2.05) is 38.6 Å². The summed E-state index contributed by atoms with van der Waals surface area (Å²) in [4.78, 5) is 49.0. The average molecular weight is 780 g/mol. The molecule has 3 rings (SSSR count). The number of aliphatic hydroxyl groups is 1. The Morgan fingerprint density at radius 2 is 1.86 bits per heavy atom. The van der Waals surface area contributed by atoms with Crippen LogP contribution in [0, 0.1) is 0 Å². The number of aliphatic hydroxyl groups excluding tert-OH is 1. The van der Waals surface area contributed by atoms with E-state index >= 15 is 0 Å². The quantitative estimate of drug-likeness (QED) is 0.0929. The minimum atomic E-state index is -1.30. The molecule has 0 bridgehead atoms. The minimum Gasteiger partial charge on any atom is -0.479 e. The van der Waals surface area contributed by atoms with E-state index in [4.69, 9.17) is 26.8 Å². The number of nitrogens with one attached hydrogen (secondary N) is 2. The van der Waals surface area contributed by atoms with Gasteiger partial charge in [0.1, 0.15) is 12.4 Å². The highest BCUT2D eigenvalue weighted by Crippen LogP contribution is 2.27. The highest BCUT2D eigenvalue weighted by Gasteiger charge is 2.35. The van der Waals surface area contributed by atoms with Gasteiger partial charge < -0.3 is 39.8 Å². The van der Waals surface area contributed by atoms with Crippen LogP contribution in [0.25, 0.3) is 0 Å². The van der Waals surface area contributed by atoms with Crippen LogP contribution in [0.5, 0.6) is 5.75 Å². The van der Waals surface area contributed by atoms with Crippen molar-refractivity contribution in [1.29, 1.82) is 0 Å². The zero-order valence-electron chi connectivity index (χ0n) is 33.8. The predicted octanol–water partition coefficient (Wildman–Crippen LogP) is 4.94. The number of allylic oxidation sites excluding steroid dienone is 4. The number of nitrogens with zero attached hydrogens (tertiary/aromatic N) is 3. The number of carboxylic acids is 1. The molecule has 306 valence electrons. The Hall–Kier alpha value is -4.54. The number of aryl methyl sites for hydroxylation is 1. The standard InChI is InChI=1S/C40H58BN5O10/c1-8-26(2)11-9-12-27(3)13-10-17-46-24-29(44-45-46)22-40(6,7)54-18-16-39(4,5)43-34(48)23-42-36(49)31-19-28(25-53-38(41)52)14-15-32(31)55-35-21-30(47)20-33(56-35)37(50)51/h8,12,14-15,19,24,30,33,35,47H,9-11,13,16-18,20-23,25H2,1-7H3,(H,42,49)(H,43,48)(H,50,51)/b26-8+,27-12+. The Balaban J connectivity index is 1.48. The highest BCUT2D eigenvalue weighted by atomic mass is 16.7. The third kappa shape index (κ3) is 16.7. The lowest BCUT2D eigenvalue weighted by Gasteiger charge is -2.31. The van der Waals surface area contributed by atoms with Gasteiger partial charge in [-0.1, -0.05) is 34.6 Å². The molecule has 1 saturated heterocycles. The number of benzene rings is 1. The molecule has 15 nitrogen and oxygen atoms in total. The fourth-order valence-corrected chi connectivity index (χ4v) is 5.99. The second kappa shape index (κ2) is 21.7. The second-order valence-corrected chi connectivity index (χ2v) is 15.5. The van der Waals surface area contributed by atoms with E-state index in [-0.39, 0.29) is 37.3 Å². The van der Waals surface area contributed by atoms with Crippen LogP contribution < -0.4 is 15.4 Å². The molecule has 1 aromatic heterocycles. The summed E-state index contributed by atoms with van der Waals surface area (Å²) in [5, 5.41) is 33.7. The summed E-state index contributed by atoms with van der Waals surface area (Å²) < 4.78 is 24.2. The molecule has 3 unspecified atom stereocenters. The number of carbonyl (C=O) groups is 4. The minimum absolute atomic E-state index is 0.000803. The fourth-order valence-electron chi connectivity index (χ4n) is 5.99. The third-order valence-electron chi connectivity index (χ3n) is 9.25. The number of carboxylic acid groups (broad SMARTS) is 1. The summed E-state index contributed by atoms with van der Waals surface area (Å²) in [6.07, 6.45) is 8.00. The van der Waals surface area contributed by atoms with Crippen LogP contribution in [0.2, 0.25) is 0 Å². The summed E-state index contributed by atoms with van der Waals surface area (Å²) in [6, 6.07) is 4.32. The van der Waals surface area contributed by atoms with Crippen LogP contribution >= 0.6 is 0 Å². The molecule has 0 spiro atoms. The molecule has 1 aliphatic rings. The van der Waals surface area contributed by atoms with Crippen molar-refractivity contribution in [3.05, 3.63) is 64.5 Å². The van der Waals surface area contributed by atoms with Gasteiger partial charge >= 0.3 is 5.97 Å². The number of hydrogen-bond acceptors (Lipinski definition) is 11. The fraction of sp³-hybridized carbons (Fsp3) is 0.600. The monoisotopic (exact) mass is 779 g/mol. The van der Waals surface area contributed by atoms with Crippen molar-refractivity contribution in [3.8, 4) is 5.75 Å². The first-order valence-corrected chi connectivity index (χ1v) is 19.0. The van der Waals surface area contributed by atoms with Crippen LogP contribution in [0.3, 0.4) is 0 Å². The Bertz CT molecular complexity index is 1710. The summed E-state index contributed by atoms with van der Waals surface area (Å²) in [5.74, 6) is -3.41. The number of aliphatic carboxylic acids is 1. The molecule has 16 heteroatoms. The normalized spacial score (nSPS) is 18.0. The Kier molecular flexibility index (Phi) is 17.8. The summed E-state index contributed by atoms with van der Waals surface area (Å²) in [7, 11) is 5.08. The SMILES string of the molecule is [B]C(=O)OCc1ccc(OC2CC(O)CC(C(=O)O)O2)c(C(=O)NCC(=O)NC(C)(C)CCOC(C)(C)Cc2cn(CCC/C(C)=C/CC/C(C)=C/C)nn2)c1. The molecule has 2 amide bonds. The van der Waals surface area contributed by atoms with Gasteiger partial charge in [-0.3, -0.25) is 19.1 Å². The second-order valence-electron chi connectivity index (χ2n) is 15.5. The molecule has 1 fully saturated rings. The molecule has 56 heavy (non-hydrogen) atoms. The van der Waals surface area contributed by atoms with Gasteiger partial charge in [0, 0.05) is 44.1 Å². The summed E-state index contributed by atoms with van der Waals surface area (Å²) >= 11 is 0. The van der Waals surface area contributed by atoms with Crippen LogP contribution in [0.1, 0.15) is 115 Å². The van der Waals surface area contributed by atoms with Gasteiger partial charge in [0.2, 0.25) is 25.9 Å². The van der Waals surface area contributed by atoms with Gasteiger partial charge in [-0.2, -0.15) is 0 Å². The maximum absolute atomic E-state index is 13.4. The van der Waals surface area contributed by atoms with E-state index in [2.05, 4.69) is 53.9 Å². The van der Waals surface area contributed by atoms with E-state index in [9.17, 15) is 29.4 Å². The van der Waals surface area contributed by atoms with Crippen LogP contribution in [-0.4, -0.2) is 99.5 Å². The number of rotatable bonds is 22. The molecule has 3 atom stereocenters. The molecule has 1 aliphatic heterocycles. The molecule has 0 saturated carbocycles. The van der Waals surface area contributed by atoms with Gasteiger partial charge in [-0.25, -0.2) is 4.79 Å². The lowest BCUT2D eigenvalue weighted by molar-refractivity contribution is -0.195. The number of carbonyl (C=O) groups excluding carboxylic acids is 3. The van der Waals surface area contributed by atoms with Crippen LogP contribution in [-0.2, 0) is 43.4 Å². The molecule has 2 heterocycles. The molecule has 4 N–H and O–H groups in total. The van der Waals surface area contributed by atoms with Crippen molar-refractivity contribution < 1.29 is 48.3 Å². The van der Waals surface area contributed by atoms with Crippen molar-refractivity contribution in [3.63, 3.8) is 0 Å². The van der Waals surface area contributed by atoms with Crippen molar-refractivity contribution in [1.82, 2.24) is 25.6 Å². The third-order valence-corrected chi connectivity index (χ3v) is 9.25. The molecular formula is C40H58BN5O10. The highest BCUT2D eigenvalue weighted by molar-refractivity contribution is 6.55. The molecule has 1 aromatic carbocycles. The predicted molar refractivity (Wildman–Crippen MR) is 209 cm³/mol. The van der Waals surface area contributed by atoms with E-state index in [1.54, 1.807) is 0 Å². The molecule has 2 aromatic rings. The Morgan fingerprint density at radius 1 is 1.11 bits per heavy atom. The zero-order chi connectivity index (χ0) is 41.5. The molecular weight excluding hydrogens is 721 g/mol. The van der Waals surface area contributed by atoms with Crippen molar-refractivity contribution in [2.75, 3.05) is 13.2 Å². The van der Waals surface area contributed by atoms with Crippen LogP contribution in [0.4, 0.5) is 4.79 Å². The van der Waals surface area contributed by atoms with Gasteiger partial charge in [-0.15, -0.1) is 5.10 Å². The topological polar surface area (TPSA) is 200 Å². The lowest BCUT2D eigenvalue weighted by Crippen LogP contribution is -2.48. The smallest absolute Gasteiger partial charge is 0.333 e. The first-order valence-electron chi connectivity index (χ1n) is 19.0. The first-order chi connectivity index (χ1) is 26.3. The van der Waals surface area contributed by atoms with Gasteiger partial charge in [0.05, 0.1) is 29.5 Å². The average Bonchev–Trinajstić information content (AvgIpc) is 3.55. The van der Waals surface area contributed by atoms with E-state index in [0.29, 0.717) is 25.0 Å². The Morgan fingerprint density at radius 3 is 2.55 bits per heavy atom. The van der Waals surface area contributed by atoms with Crippen molar-refractivity contribution in [2.24, 2.45) is 0 Å². The van der Waals surface area contributed by atoms with Gasteiger partial charge in [0.15, 0.2) is 6.10 Å². The van der Waals surface area contributed by atoms with E-state index in [1.165, 1.54) is 29.3 Å². The zero-order valence-corrected chi connectivity index (χ0v) is 33.8. The van der Waals surface area contributed by atoms with E-state index in [0.717, 1.165) is 37.9 Å². The maximum Gasteiger partial charge on any atom is 0.333 e. The summed E-state index contributed by atoms with van der Waals surface area (Å²) in [6.45, 7) is 14.6. The number of aromatic nitrogens is 3. The van der Waals surface area contributed by atoms with Gasteiger partial charge in [-0.05, 0) is 98.3 Å². The maximum atomic E-state index is 13.4. The van der Waals surface area contributed by atoms with Crippen molar-refractivity contribution in [2.45, 2.75) is 143 Å². The number of ether oxygens (including phenoxy) is 4. The largest absolute Gasteiger partial charge is 0.479 e. The molecule has 0 aliphatic carbocycles.